The molecule has 1 aliphatic rings. The van der Waals surface area contributed by atoms with Crippen LogP contribution in [0.2, 0.25) is 0 Å². The minimum Gasteiger partial charge on any atom is -0.508 e. The summed E-state index contributed by atoms with van der Waals surface area (Å²) in [5.41, 5.74) is 2.42. The van der Waals surface area contributed by atoms with Crippen LogP contribution >= 0.6 is 0 Å². The highest BCUT2D eigenvalue weighted by Gasteiger charge is 2.25. The molecule has 4 rings (SSSR count). The number of rotatable bonds is 3. The second kappa shape index (κ2) is 6.92. The number of aromatic hydroxyl groups is 1. The second-order valence-corrected chi connectivity index (χ2v) is 6.26. The summed E-state index contributed by atoms with van der Waals surface area (Å²) < 4.78 is 1.68. The van der Waals surface area contributed by atoms with Crippen LogP contribution in [0, 0.1) is 0 Å². The van der Waals surface area contributed by atoms with Crippen LogP contribution in [-0.4, -0.2) is 51.9 Å². The van der Waals surface area contributed by atoms with E-state index in [1.54, 1.807) is 29.1 Å². The van der Waals surface area contributed by atoms with Crippen LogP contribution in [0.4, 0.5) is 5.69 Å². The molecule has 3 aromatic rings. The van der Waals surface area contributed by atoms with Crippen LogP contribution in [-0.2, 0) is 0 Å². The molecule has 1 amide bonds. The molecular formula is C20H20N4O2. The van der Waals surface area contributed by atoms with Gasteiger partial charge in [-0.2, -0.15) is 5.10 Å². The third-order valence-electron chi connectivity index (χ3n) is 4.62. The van der Waals surface area contributed by atoms with Gasteiger partial charge in [0.1, 0.15) is 11.4 Å². The van der Waals surface area contributed by atoms with E-state index in [0.29, 0.717) is 18.8 Å². The van der Waals surface area contributed by atoms with Crippen LogP contribution in [0.25, 0.3) is 5.69 Å². The number of hydrogen-bond donors (Lipinski definition) is 1. The maximum atomic E-state index is 13.0. The lowest BCUT2D eigenvalue weighted by Gasteiger charge is -2.36. The smallest absolute Gasteiger partial charge is 0.272 e. The highest BCUT2D eigenvalue weighted by molar-refractivity contribution is 5.93. The molecule has 6 heteroatoms. The van der Waals surface area contributed by atoms with E-state index in [1.807, 2.05) is 47.4 Å². The number of phenolic OH excluding ortho intramolecular Hbond substituents is 1. The Balaban J connectivity index is 1.47. The van der Waals surface area contributed by atoms with Crippen LogP contribution in [0.1, 0.15) is 10.5 Å². The van der Waals surface area contributed by atoms with Gasteiger partial charge in [-0.3, -0.25) is 4.79 Å². The fourth-order valence-corrected chi connectivity index (χ4v) is 3.26. The molecule has 0 unspecified atom stereocenters. The van der Waals surface area contributed by atoms with Gasteiger partial charge in [-0.15, -0.1) is 0 Å². The normalized spacial score (nSPS) is 14.5. The number of carbonyl (C=O) groups excluding carboxylic acids is 1. The summed E-state index contributed by atoms with van der Waals surface area (Å²) in [7, 11) is 0. The molecule has 6 nitrogen and oxygen atoms in total. The van der Waals surface area contributed by atoms with Crippen LogP contribution < -0.4 is 4.90 Å². The van der Waals surface area contributed by atoms with Gasteiger partial charge >= 0.3 is 0 Å². The molecule has 132 valence electrons. The molecule has 2 heterocycles. The molecule has 2 aromatic carbocycles. The first-order valence-electron chi connectivity index (χ1n) is 8.65. The molecule has 1 aliphatic heterocycles. The van der Waals surface area contributed by atoms with E-state index in [-0.39, 0.29) is 11.7 Å². The summed E-state index contributed by atoms with van der Waals surface area (Å²) in [6.07, 6.45) is 1.66. The molecule has 26 heavy (non-hydrogen) atoms. The van der Waals surface area contributed by atoms with Gasteiger partial charge in [0.2, 0.25) is 0 Å². The van der Waals surface area contributed by atoms with Crippen molar-refractivity contribution in [3.05, 3.63) is 72.6 Å². The van der Waals surface area contributed by atoms with Crippen LogP contribution in [0.3, 0.4) is 0 Å². The van der Waals surface area contributed by atoms with E-state index in [1.165, 1.54) is 0 Å². The first kappa shape index (κ1) is 16.2. The van der Waals surface area contributed by atoms with Gasteiger partial charge in [0.25, 0.3) is 5.91 Å². The zero-order valence-corrected chi connectivity index (χ0v) is 14.3. The van der Waals surface area contributed by atoms with Gasteiger partial charge in [-0.1, -0.05) is 24.3 Å². The van der Waals surface area contributed by atoms with Crippen LogP contribution in [0.15, 0.2) is 66.9 Å². The Bertz CT molecular complexity index is 899. The molecule has 1 fully saturated rings. The molecule has 0 aliphatic carbocycles. The second-order valence-electron chi connectivity index (χ2n) is 6.26. The third-order valence-corrected chi connectivity index (χ3v) is 4.62. The highest BCUT2D eigenvalue weighted by atomic mass is 16.3. The summed E-state index contributed by atoms with van der Waals surface area (Å²) in [4.78, 5) is 17.0. The zero-order chi connectivity index (χ0) is 17.9. The maximum absolute atomic E-state index is 13.0. The van der Waals surface area contributed by atoms with E-state index in [0.717, 1.165) is 24.5 Å². The molecule has 0 saturated carbocycles. The predicted octanol–water partition coefficient (Wildman–Crippen LogP) is 2.54. The first-order chi connectivity index (χ1) is 12.7. The SMILES string of the molecule is O=C(c1ccnn1-c1ccccc1)N1CCN(c2cccc(O)c2)CC1. The lowest BCUT2D eigenvalue weighted by molar-refractivity contribution is 0.0737. The van der Waals surface area contributed by atoms with E-state index in [9.17, 15) is 9.90 Å². The van der Waals surface area contributed by atoms with Crippen molar-refractivity contribution in [3.8, 4) is 11.4 Å². The Morgan fingerprint density at radius 1 is 0.885 bits per heavy atom. The van der Waals surface area contributed by atoms with Gasteiger partial charge in [0.05, 0.1) is 11.9 Å². The molecule has 1 aromatic heterocycles. The number of carbonyl (C=O) groups is 1. The molecule has 0 atom stereocenters. The largest absolute Gasteiger partial charge is 0.508 e. The van der Waals surface area contributed by atoms with Gasteiger partial charge in [-0.25, -0.2) is 4.68 Å². The lowest BCUT2D eigenvalue weighted by atomic mass is 10.2. The summed E-state index contributed by atoms with van der Waals surface area (Å²) in [5.74, 6) is 0.245. The minimum absolute atomic E-state index is 0.0121. The third kappa shape index (κ3) is 3.13. The van der Waals surface area contributed by atoms with Gasteiger partial charge in [0, 0.05) is 37.9 Å². The standard InChI is InChI=1S/C20H20N4O2/c25-18-8-4-7-17(15-18)22-11-13-23(14-12-22)20(26)19-9-10-21-24(19)16-5-2-1-3-6-16/h1-10,15,25H,11-14H2. The molecule has 0 bridgehead atoms. The van der Waals surface area contributed by atoms with E-state index < -0.39 is 0 Å². The average Bonchev–Trinajstić information content (AvgIpc) is 3.18. The van der Waals surface area contributed by atoms with E-state index in [2.05, 4.69) is 10.00 Å². The minimum atomic E-state index is -0.0121. The van der Waals surface area contributed by atoms with Crippen molar-refractivity contribution >= 4 is 11.6 Å². The number of benzene rings is 2. The Hall–Kier alpha value is -3.28. The van der Waals surface area contributed by atoms with Crippen molar-refractivity contribution in [2.75, 3.05) is 31.1 Å². The lowest BCUT2D eigenvalue weighted by Crippen LogP contribution is -2.49. The monoisotopic (exact) mass is 348 g/mol. The van der Waals surface area contributed by atoms with Crippen molar-refractivity contribution in [1.29, 1.82) is 0 Å². The Morgan fingerprint density at radius 3 is 2.35 bits per heavy atom. The number of phenols is 1. The number of amides is 1. The van der Waals surface area contributed by atoms with Crippen molar-refractivity contribution < 1.29 is 9.90 Å². The van der Waals surface area contributed by atoms with E-state index >= 15 is 0 Å². The zero-order valence-electron chi connectivity index (χ0n) is 14.3. The van der Waals surface area contributed by atoms with E-state index in [4.69, 9.17) is 0 Å². The number of anilines is 1. The molecule has 1 saturated heterocycles. The quantitative estimate of drug-likeness (QED) is 0.790. The molecule has 0 radical (unpaired) electrons. The Labute approximate surface area is 151 Å². The fourth-order valence-electron chi connectivity index (χ4n) is 3.26. The number of nitrogens with zero attached hydrogens (tertiary/aromatic N) is 4. The summed E-state index contributed by atoms with van der Waals surface area (Å²) in [5, 5.41) is 14.0. The number of aromatic nitrogens is 2. The van der Waals surface area contributed by atoms with Crippen LogP contribution in [0.5, 0.6) is 5.75 Å². The first-order valence-corrected chi connectivity index (χ1v) is 8.65. The summed E-state index contributed by atoms with van der Waals surface area (Å²) in [6.45, 7) is 2.73. The van der Waals surface area contributed by atoms with Gasteiger partial charge in [-0.05, 0) is 30.3 Å². The molecule has 0 spiro atoms. The topological polar surface area (TPSA) is 61.6 Å². The number of piperazine rings is 1. The van der Waals surface area contributed by atoms with Gasteiger partial charge < -0.3 is 14.9 Å². The van der Waals surface area contributed by atoms with Crippen molar-refractivity contribution in [2.45, 2.75) is 0 Å². The molecular weight excluding hydrogens is 328 g/mol. The number of hydrogen-bond acceptors (Lipinski definition) is 4. The van der Waals surface area contributed by atoms with Gasteiger partial charge in [0.15, 0.2) is 0 Å². The highest BCUT2D eigenvalue weighted by Crippen LogP contribution is 2.22. The Kier molecular flexibility index (Phi) is 4.31. The predicted molar refractivity (Wildman–Crippen MR) is 99.8 cm³/mol. The summed E-state index contributed by atoms with van der Waals surface area (Å²) >= 11 is 0. The van der Waals surface area contributed by atoms with Crippen molar-refractivity contribution in [1.82, 2.24) is 14.7 Å². The van der Waals surface area contributed by atoms with Crippen molar-refractivity contribution in [3.63, 3.8) is 0 Å². The Morgan fingerprint density at radius 2 is 1.62 bits per heavy atom. The summed E-state index contributed by atoms with van der Waals surface area (Å²) in [6, 6.07) is 18.6. The average molecular weight is 348 g/mol. The fraction of sp³-hybridized carbons (Fsp3) is 0.200. The molecule has 1 N–H and O–H groups in total. The van der Waals surface area contributed by atoms with Crippen molar-refractivity contribution in [2.24, 2.45) is 0 Å². The number of para-hydroxylation sites is 1. The maximum Gasteiger partial charge on any atom is 0.272 e.